The summed E-state index contributed by atoms with van der Waals surface area (Å²) >= 11 is 0. The summed E-state index contributed by atoms with van der Waals surface area (Å²) in [6, 6.07) is 5.01. The number of halogens is 3. The van der Waals surface area contributed by atoms with Crippen molar-refractivity contribution in [2.24, 2.45) is 17.8 Å². The number of amides is 1. The molecular formula is C19H22F3NO2. The van der Waals surface area contributed by atoms with Gasteiger partial charge in [-0.3, -0.25) is 9.59 Å². The molecule has 136 valence electrons. The minimum atomic E-state index is -4.33. The predicted octanol–water partition coefficient (Wildman–Crippen LogP) is 3.76. The molecule has 1 aromatic rings. The van der Waals surface area contributed by atoms with Gasteiger partial charge in [-0.1, -0.05) is 18.6 Å². The second-order valence-electron chi connectivity index (χ2n) is 7.13. The minimum absolute atomic E-state index is 0.0312. The van der Waals surface area contributed by atoms with E-state index in [1.54, 1.807) is 0 Å². The van der Waals surface area contributed by atoms with Crippen molar-refractivity contribution < 1.29 is 22.8 Å². The van der Waals surface area contributed by atoms with Gasteiger partial charge in [0.15, 0.2) is 0 Å². The Morgan fingerprint density at radius 1 is 1.08 bits per heavy atom. The van der Waals surface area contributed by atoms with Crippen LogP contribution in [-0.2, 0) is 22.2 Å². The maximum absolute atomic E-state index is 12.5. The molecule has 0 spiro atoms. The smallest absolute Gasteiger partial charge is 0.356 e. The first-order valence-electron chi connectivity index (χ1n) is 8.82. The summed E-state index contributed by atoms with van der Waals surface area (Å²) in [5.74, 6) is 0.272. The first-order chi connectivity index (χ1) is 11.8. The number of carbonyl (C=O) groups is 2. The number of hydrogen-bond acceptors (Lipinski definition) is 2. The first kappa shape index (κ1) is 18.0. The second kappa shape index (κ2) is 7.18. The van der Waals surface area contributed by atoms with Gasteiger partial charge in [-0.15, -0.1) is 0 Å². The minimum Gasteiger partial charge on any atom is -0.356 e. The van der Waals surface area contributed by atoms with E-state index in [-0.39, 0.29) is 23.7 Å². The Hall–Kier alpha value is -1.85. The van der Waals surface area contributed by atoms with E-state index in [4.69, 9.17) is 0 Å². The summed E-state index contributed by atoms with van der Waals surface area (Å²) in [4.78, 5) is 24.4. The number of carbonyl (C=O) groups excluding carboxylic acids is 2. The average Bonchev–Trinajstić information content (AvgIpc) is 2.54. The Kier molecular flexibility index (Phi) is 5.16. The maximum Gasteiger partial charge on any atom is 0.416 e. The van der Waals surface area contributed by atoms with Gasteiger partial charge < -0.3 is 5.32 Å². The van der Waals surface area contributed by atoms with Crippen molar-refractivity contribution in [3.63, 3.8) is 0 Å². The topological polar surface area (TPSA) is 46.2 Å². The fourth-order valence-corrected chi connectivity index (χ4v) is 4.03. The van der Waals surface area contributed by atoms with Gasteiger partial charge in [-0.2, -0.15) is 13.2 Å². The van der Waals surface area contributed by atoms with Crippen LogP contribution in [0.5, 0.6) is 0 Å². The van der Waals surface area contributed by atoms with Crippen LogP contribution in [0.1, 0.15) is 43.2 Å². The maximum atomic E-state index is 12.5. The van der Waals surface area contributed by atoms with Gasteiger partial charge in [0.25, 0.3) is 0 Å². The monoisotopic (exact) mass is 353 g/mol. The molecule has 3 nitrogen and oxygen atoms in total. The molecule has 3 atom stereocenters. The quantitative estimate of drug-likeness (QED) is 0.896. The van der Waals surface area contributed by atoms with E-state index in [2.05, 4.69) is 5.32 Å². The molecule has 6 heteroatoms. The molecule has 0 heterocycles. The third-order valence-corrected chi connectivity index (χ3v) is 5.41. The SMILES string of the molecule is O=C(NCCc1ccc(C(F)(F)F)cc1)C1C[C@H]2CCC[C@@H](C1)C2=O. The van der Waals surface area contributed by atoms with Gasteiger partial charge in [-0.25, -0.2) is 0 Å². The van der Waals surface area contributed by atoms with Crippen LogP contribution in [-0.4, -0.2) is 18.2 Å². The van der Waals surface area contributed by atoms with E-state index in [1.165, 1.54) is 12.1 Å². The number of alkyl halides is 3. The van der Waals surface area contributed by atoms with Gasteiger partial charge >= 0.3 is 6.18 Å². The molecule has 0 aliphatic heterocycles. The van der Waals surface area contributed by atoms with Crippen molar-refractivity contribution in [3.8, 4) is 0 Å². The molecule has 2 aliphatic carbocycles. The van der Waals surface area contributed by atoms with E-state index >= 15 is 0 Å². The van der Waals surface area contributed by atoms with Gasteiger partial charge in [-0.05, 0) is 49.8 Å². The predicted molar refractivity (Wildman–Crippen MR) is 86.7 cm³/mol. The number of benzene rings is 1. The van der Waals surface area contributed by atoms with Crippen LogP contribution in [0.15, 0.2) is 24.3 Å². The Morgan fingerprint density at radius 3 is 2.24 bits per heavy atom. The van der Waals surface area contributed by atoms with E-state index in [0.717, 1.165) is 37.0 Å². The Balaban J connectivity index is 1.47. The normalized spacial score (nSPS) is 26.4. The van der Waals surface area contributed by atoms with Crippen LogP contribution in [0, 0.1) is 17.8 Å². The zero-order valence-electron chi connectivity index (χ0n) is 13.9. The highest BCUT2D eigenvalue weighted by atomic mass is 19.4. The van der Waals surface area contributed by atoms with E-state index in [9.17, 15) is 22.8 Å². The zero-order chi connectivity index (χ0) is 18.0. The van der Waals surface area contributed by atoms with Crippen LogP contribution < -0.4 is 5.32 Å². The van der Waals surface area contributed by atoms with Gasteiger partial charge in [0.1, 0.15) is 5.78 Å². The van der Waals surface area contributed by atoms with Crippen molar-refractivity contribution in [1.29, 1.82) is 0 Å². The van der Waals surface area contributed by atoms with Crippen molar-refractivity contribution in [2.45, 2.75) is 44.7 Å². The fraction of sp³-hybridized carbons (Fsp3) is 0.579. The molecule has 2 saturated carbocycles. The standard InChI is InChI=1S/C19H22F3NO2/c20-19(21,22)16-6-4-12(5-7-16)8-9-23-18(25)15-10-13-2-1-3-14(11-15)17(13)24/h4-7,13-15H,1-3,8-11H2,(H,23,25)/t13-,14+,15?. The van der Waals surface area contributed by atoms with Crippen LogP contribution >= 0.6 is 0 Å². The van der Waals surface area contributed by atoms with E-state index < -0.39 is 11.7 Å². The summed E-state index contributed by atoms with van der Waals surface area (Å²) < 4.78 is 37.6. The number of hydrogen-bond donors (Lipinski definition) is 1. The Bertz CT molecular complexity index is 623. The first-order valence-corrected chi connectivity index (χ1v) is 8.82. The lowest BCUT2D eigenvalue weighted by molar-refractivity contribution is -0.138. The Morgan fingerprint density at radius 2 is 1.68 bits per heavy atom. The molecule has 1 aromatic carbocycles. The van der Waals surface area contributed by atoms with Crippen LogP contribution in [0.4, 0.5) is 13.2 Å². The summed E-state index contributed by atoms with van der Waals surface area (Å²) in [5.41, 5.74) is 0.0858. The van der Waals surface area contributed by atoms with E-state index in [0.29, 0.717) is 31.6 Å². The summed E-state index contributed by atoms with van der Waals surface area (Å²) in [6.07, 6.45) is 0.299. The summed E-state index contributed by atoms with van der Waals surface area (Å²) in [5, 5.41) is 2.88. The molecule has 3 rings (SSSR count). The molecule has 2 aliphatic rings. The lowest BCUT2D eigenvalue weighted by Crippen LogP contribution is -2.42. The molecule has 1 unspecified atom stereocenters. The highest BCUT2D eigenvalue weighted by molar-refractivity contribution is 5.88. The van der Waals surface area contributed by atoms with Crippen molar-refractivity contribution in [1.82, 2.24) is 5.32 Å². The molecule has 0 saturated heterocycles. The Labute approximate surface area is 145 Å². The molecule has 0 radical (unpaired) electrons. The van der Waals surface area contributed by atoms with E-state index in [1.807, 2.05) is 0 Å². The molecular weight excluding hydrogens is 331 g/mol. The summed E-state index contributed by atoms with van der Waals surface area (Å²) in [7, 11) is 0. The number of ketones is 1. The highest BCUT2D eigenvalue weighted by Gasteiger charge is 2.41. The number of nitrogens with one attached hydrogen (secondary N) is 1. The van der Waals surface area contributed by atoms with Crippen LogP contribution in [0.3, 0.4) is 0 Å². The molecule has 2 fully saturated rings. The second-order valence-corrected chi connectivity index (χ2v) is 7.13. The van der Waals surface area contributed by atoms with Crippen molar-refractivity contribution in [3.05, 3.63) is 35.4 Å². The molecule has 1 N–H and O–H groups in total. The lowest BCUT2D eigenvalue weighted by Gasteiger charge is -2.36. The average molecular weight is 353 g/mol. The van der Waals surface area contributed by atoms with Gasteiger partial charge in [0, 0.05) is 24.3 Å². The zero-order valence-corrected chi connectivity index (χ0v) is 13.9. The number of Topliss-reactive ketones (excluding diaryl/α,β-unsaturated/α-hetero) is 1. The lowest BCUT2D eigenvalue weighted by atomic mass is 9.67. The summed E-state index contributed by atoms with van der Waals surface area (Å²) in [6.45, 7) is 0.393. The van der Waals surface area contributed by atoms with Gasteiger partial charge in [0.05, 0.1) is 5.56 Å². The van der Waals surface area contributed by atoms with Crippen LogP contribution in [0.25, 0.3) is 0 Å². The number of rotatable bonds is 4. The van der Waals surface area contributed by atoms with Crippen molar-refractivity contribution in [2.75, 3.05) is 6.54 Å². The third-order valence-electron chi connectivity index (χ3n) is 5.41. The highest BCUT2D eigenvalue weighted by Crippen LogP contribution is 2.40. The molecule has 0 aromatic heterocycles. The fourth-order valence-electron chi connectivity index (χ4n) is 4.03. The molecule has 25 heavy (non-hydrogen) atoms. The largest absolute Gasteiger partial charge is 0.416 e. The van der Waals surface area contributed by atoms with Crippen molar-refractivity contribution >= 4 is 11.7 Å². The number of fused-ring (bicyclic) bond motifs is 2. The van der Waals surface area contributed by atoms with Crippen LogP contribution in [0.2, 0.25) is 0 Å². The molecule has 1 amide bonds. The third kappa shape index (κ3) is 4.22. The molecule has 2 bridgehead atoms. The van der Waals surface area contributed by atoms with Gasteiger partial charge in [0.2, 0.25) is 5.91 Å².